The van der Waals surface area contributed by atoms with E-state index in [2.05, 4.69) is 15.8 Å². The number of hydrogen-bond acceptors (Lipinski definition) is 8. The third kappa shape index (κ3) is 4.49. The molecule has 0 saturated carbocycles. The van der Waals surface area contributed by atoms with E-state index in [9.17, 15) is 9.18 Å². The summed E-state index contributed by atoms with van der Waals surface area (Å²) in [5, 5.41) is 12.7. The van der Waals surface area contributed by atoms with Gasteiger partial charge in [-0.1, -0.05) is 19.9 Å². The molecule has 5 heterocycles. The lowest BCUT2D eigenvalue weighted by Gasteiger charge is -2.25. The van der Waals surface area contributed by atoms with Crippen LogP contribution in [0.2, 0.25) is 0 Å². The number of allylic oxidation sites excluding steroid dienone is 2. The zero-order valence-corrected chi connectivity index (χ0v) is 20.8. The third-order valence-electron chi connectivity index (χ3n) is 6.54. The van der Waals surface area contributed by atoms with Crippen LogP contribution >= 0.6 is 0 Å². The molecule has 2 unspecified atom stereocenters. The van der Waals surface area contributed by atoms with Crippen molar-refractivity contribution in [2.45, 2.75) is 45.5 Å². The average molecular weight is 494 g/mol. The molecule has 1 aromatic carbocycles. The zero-order chi connectivity index (χ0) is 25.2. The first-order chi connectivity index (χ1) is 17.6. The fraction of sp³-hybridized carbons (Fsp3) is 0.385. The number of nitrogens with zero attached hydrogens (tertiary/aromatic N) is 5. The lowest BCUT2D eigenvalue weighted by molar-refractivity contribution is -0.104. The highest BCUT2D eigenvalue weighted by Gasteiger charge is 2.28. The maximum Gasteiger partial charge on any atom is 0.151 e. The first-order valence-electron chi connectivity index (χ1n) is 12.5. The van der Waals surface area contributed by atoms with Gasteiger partial charge < -0.3 is 15.0 Å². The van der Waals surface area contributed by atoms with E-state index in [-0.39, 0.29) is 18.2 Å². The van der Waals surface area contributed by atoms with Gasteiger partial charge in [0.1, 0.15) is 12.0 Å². The quantitative estimate of drug-likeness (QED) is 0.612. The lowest BCUT2D eigenvalue weighted by Crippen LogP contribution is -2.41. The normalized spacial score (nSPS) is 23.3. The molecule has 190 valence electrons. The second-order valence-electron chi connectivity index (χ2n) is 8.87. The number of rotatable bonds is 5. The Hall–Kier alpha value is -3.63. The second-order valence-corrected chi connectivity index (χ2v) is 8.87. The second kappa shape index (κ2) is 10.2. The lowest BCUT2D eigenvalue weighted by atomic mass is 10.1. The predicted molar refractivity (Wildman–Crippen MR) is 136 cm³/mol. The van der Waals surface area contributed by atoms with E-state index in [0.717, 1.165) is 53.4 Å². The molecule has 36 heavy (non-hydrogen) atoms. The number of fused-ring (bicyclic) bond motifs is 2. The van der Waals surface area contributed by atoms with Crippen molar-refractivity contribution in [3.05, 3.63) is 71.7 Å². The van der Waals surface area contributed by atoms with Crippen LogP contribution in [0, 0.1) is 5.82 Å². The fourth-order valence-electron chi connectivity index (χ4n) is 4.84. The predicted octanol–water partition coefficient (Wildman–Crippen LogP) is 3.59. The number of hydrogen-bond donors (Lipinski definition) is 2. The largest absolute Gasteiger partial charge is 0.362 e. The van der Waals surface area contributed by atoms with Crippen molar-refractivity contribution in [2.75, 3.05) is 20.2 Å². The van der Waals surface area contributed by atoms with Crippen LogP contribution in [-0.2, 0) is 9.53 Å². The summed E-state index contributed by atoms with van der Waals surface area (Å²) in [7, 11) is 1.91. The Kier molecular flexibility index (Phi) is 6.80. The molecule has 0 amide bonds. The minimum atomic E-state index is -0.314. The summed E-state index contributed by atoms with van der Waals surface area (Å²) in [6.07, 6.45) is 15.0. The van der Waals surface area contributed by atoms with Gasteiger partial charge in [0.15, 0.2) is 12.5 Å². The Bertz CT molecular complexity index is 1260. The van der Waals surface area contributed by atoms with Crippen LogP contribution < -0.4 is 10.7 Å². The van der Waals surface area contributed by atoms with Gasteiger partial charge in [0.05, 0.1) is 29.7 Å². The van der Waals surface area contributed by atoms with Crippen LogP contribution in [0.25, 0.3) is 16.6 Å². The number of aromatic nitrogens is 2. The van der Waals surface area contributed by atoms with Gasteiger partial charge in [0.25, 0.3) is 0 Å². The number of aldehydes is 1. The zero-order valence-electron chi connectivity index (χ0n) is 20.8. The first-order valence-corrected chi connectivity index (χ1v) is 12.5. The van der Waals surface area contributed by atoms with Gasteiger partial charge in [0, 0.05) is 48.8 Å². The number of carbonyl (C=O) groups is 1. The number of nitrogens with one attached hydrogen (secondary N) is 2. The van der Waals surface area contributed by atoms with Crippen molar-refractivity contribution in [2.24, 2.45) is 0 Å². The van der Waals surface area contributed by atoms with Gasteiger partial charge in [-0.25, -0.2) is 9.07 Å². The van der Waals surface area contributed by atoms with E-state index in [0.29, 0.717) is 18.7 Å². The molecule has 10 heteroatoms. The molecule has 4 aliphatic heterocycles. The summed E-state index contributed by atoms with van der Waals surface area (Å²) in [6, 6.07) is 3.06. The van der Waals surface area contributed by atoms with Gasteiger partial charge in [-0.2, -0.15) is 5.10 Å². The molecule has 2 aromatic rings. The standard InChI is InChI=1S/C24H26FN7O2.C2H6/c1-29-28-21(14-31(29)13-18-12-30-11-16(15-33)5-6-23(30)27-18)19-8-17(25)9-22-20(19)10-26-32(22)24-4-2-3-7-34-24;1-2/h5-6,8-12,14-15,23-24,27-28H,2-4,7,13H2,1H3;1-2H3. The maximum atomic E-state index is 14.7. The molecular formula is C26H32FN7O2. The highest BCUT2D eigenvalue weighted by atomic mass is 19.1. The summed E-state index contributed by atoms with van der Waals surface area (Å²) in [6.45, 7) is 5.27. The minimum Gasteiger partial charge on any atom is -0.362 e. The Balaban J connectivity index is 0.00000130. The van der Waals surface area contributed by atoms with Crippen LogP contribution in [0.1, 0.15) is 44.9 Å². The van der Waals surface area contributed by atoms with Crippen molar-refractivity contribution < 1.29 is 13.9 Å². The molecule has 4 aliphatic rings. The SMILES string of the molecule is CC.CN1NC(c2cc(F)cc3c2cnn3C2CCCCO2)=CN1CC1=CN2C=C(C=O)C=CC2N1. The van der Waals surface area contributed by atoms with Gasteiger partial charge in [-0.3, -0.25) is 15.2 Å². The first kappa shape index (κ1) is 24.1. The van der Waals surface area contributed by atoms with Gasteiger partial charge >= 0.3 is 0 Å². The van der Waals surface area contributed by atoms with Crippen molar-refractivity contribution >= 4 is 22.9 Å². The average Bonchev–Trinajstić information content (AvgIpc) is 3.61. The molecule has 1 fully saturated rings. The highest BCUT2D eigenvalue weighted by Crippen LogP contribution is 2.32. The van der Waals surface area contributed by atoms with Gasteiger partial charge in [0.2, 0.25) is 0 Å². The molecule has 0 spiro atoms. The van der Waals surface area contributed by atoms with Crippen molar-refractivity contribution in [3.63, 3.8) is 0 Å². The molecular weight excluding hydrogens is 461 g/mol. The molecule has 0 radical (unpaired) electrons. The van der Waals surface area contributed by atoms with Gasteiger partial charge in [-0.05, 0) is 37.5 Å². The monoisotopic (exact) mass is 493 g/mol. The van der Waals surface area contributed by atoms with E-state index < -0.39 is 0 Å². The third-order valence-corrected chi connectivity index (χ3v) is 6.54. The van der Waals surface area contributed by atoms with Crippen LogP contribution in [0.4, 0.5) is 4.39 Å². The number of hydrazine groups is 2. The summed E-state index contributed by atoms with van der Waals surface area (Å²) in [4.78, 5) is 13.1. The molecule has 1 saturated heterocycles. The van der Waals surface area contributed by atoms with Crippen molar-refractivity contribution in [3.8, 4) is 0 Å². The minimum absolute atomic E-state index is 0.00120. The number of benzene rings is 1. The summed E-state index contributed by atoms with van der Waals surface area (Å²) < 4.78 is 22.4. The summed E-state index contributed by atoms with van der Waals surface area (Å²) in [5.41, 5.74) is 7.22. The summed E-state index contributed by atoms with van der Waals surface area (Å²) >= 11 is 0. The van der Waals surface area contributed by atoms with Crippen LogP contribution in [-0.4, -0.2) is 57.5 Å². The molecule has 2 atom stereocenters. The Labute approximate surface area is 210 Å². The fourth-order valence-corrected chi connectivity index (χ4v) is 4.84. The maximum absolute atomic E-state index is 14.7. The molecule has 9 nitrogen and oxygen atoms in total. The van der Waals surface area contributed by atoms with Crippen LogP contribution in [0.15, 0.2) is 60.4 Å². The Morgan fingerprint density at radius 2 is 2.08 bits per heavy atom. The van der Waals surface area contributed by atoms with Gasteiger partial charge in [-0.15, -0.1) is 5.12 Å². The number of ether oxygens (including phenoxy) is 1. The molecule has 2 N–H and O–H groups in total. The Morgan fingerprint density at radius 3 is 2.86 bits per heavy atom. The van der Waals surface area contributed by atoms with E-state index in [1.807, 2.05) is 66.7 Å². The highest BCUT2D eigenvalue weighted by molar-refractivity contribution is 5.91. The van der Waals surface area contributed by atoms with E-state index >= 15 is 0 Å². The van der Waals surface area contributed by atoms with Crippen LogP contribution in [0.5, 0.6) is 0 Å². The Morgan fingerprint density at radius 1 is 1.22 bits per heavy atom. The van der Waals surface area contributed by atoms with Crippen LogP contribution in [0.3, 0.4) is 0 Å². The van der Waals surface area contributed by atoms with E-state index in [4.69, 9.17) is 4.74 Å². The molecule has 1 aromatic heterocycles. The number of carbonyl (C=O) groups excluding carboxylic acids is 1. The molecule has 0 bridgehead atoms. The van der Waals surface area contributed by atoms with E-state index in [1.165, 1.54) is 12.1 Å². The molecule has 6 rings (SSSR count). The topological polar surface area (TPSA) is 77.9 Å². The summed E-state index contributed by atoms with van der Waals surface area (Å²) in [5.74, 6) is -0.314. The number of halogens is 1. The van der Waals surface area contributed by atoms with E-state index in [1.54, 1.807) is 10.9 Å². The smallest absolute Gasteiger partial charge is 0.151 e. The van der Waals surface area contributed by atoms with Crippen molar-refractivity contribution in [1.82, 2.24) is 35.5 Å². The molecule has 0 aliphatic carbocycles. The van der Waals surface area contributed by atoms with Crippen molar-refractivity contribution in [1.29, 1.82) is 0 Å².